The van der Waals surface area contributed by atoms with Gasteiger partial charge in [0.05, 0.1) is 25.6 Å². The Bertz CT molecular complexity index is 891. The number of ether oxygens (including phenoxy) is 1. The van der Waals surface area contributed by atoms with Gasteiger partial charge in [-0.15, -0.1) is 0 Å². The summed E-state index contributed by atoms with van der Waals surface area (Å²) < 4.78 is 5.13. The summed E-state index contributed by atoms with van der Waals surface area (Å²) in [6.07, 6.45) is 2.02. The summed E-state index contributed by atoms with van der Waals surface area (Å²) in [4.78, 5) is 41.5. The second-order valence-electron chi connectivity index (χ2n) is 7.18. The van der Waals surface area contributed by atoms with Gasteiger partial charge in [0.1, 0.15) is 11.8 Å². The summed E-state index contributed by atoms with van der Waals surface area (Å²) in [5.41, 5.74) is 1.41. The lowest BCUT2D eigenvalue weighted by molar-refractivity contribution is -0.138. The molecule has 1 atom stereocenters. The number of nitrogens with zero attached hydrogens (tertiary/aromatic N) is 2. The predicted octanol–water partition coefficient (Wildman–Crippen LogP) is 2.56. The highest BCUT2D eigenvalue weighted by molar-refractivity contribution is 6.23. The third kappa shape index (κ3) is 3.50. The van der Waals surface area contributed by atoms with E-state index in [4.69, 9.17) is 4.74 Å². The van der Waals surface area contributed by atoms with Gasteiger partial charge >= 0.3 is 0 Å². The number of carbonyl (C=O) groups is 3. The first kappa shape index (κ1) is 18.2. The minimum atomic E-state index is -0.724. The summed E-state index contributed by atoms with van der Waals surface area (Å²) in [6, 6.07) is 15.6. The van der Waals surface area contributed by atoms with E-state index in [0.717, 1.165) is 18.4 Å². The molecule has 1 aliphatic heterocycles. The van der Waals surface area contributed by atoms with E-state index >= 15 is 0 Å². The number of hydrogen-bond donors (Lipinski definition) is 0. The second kappa shape index (κ2) is 7.46. The zero-order valence-corrected chi connectivity index (χ0v) is 15.7. The third-order valence-electron chi connectivity index (χ3n) is 5.22. The molecule has 4 rings (SSSR count). The number of anilines is 1. The van der Waals surface area contributed by atoms with Crippen molar-refractivity contribution >= 4 is 23.4 Å². The van der Waals surface area contributed by atoms with Crippen LogP contribution in [0.2, 0.25) is 0 Å². The fraction of sp³-hybridized carbons (Fsp3) is 0.318. The Balaban J connectivity index is 1.55. The zero-order chi connectivity index (χ0) is 19.7. The second-order valence-corrected chi connectivity index (χ2v) is 7.18. The molecule has 0 radical (unpaired) electrons. The largest absolute Gasteiger partial charge is 0.497 e. The van der Waals surface area contributed by atoms with Gasteiger partial charge in [-0.1, -0.05) is 30.3 Å². The van der Waals surface area contributed by atoms with Gasteiger partial charge in [0.2, 0.25) is 11.8 Å². The Morgan fingerprint density at radius 1 is 1.07 bits per heavy atom. The minimum Gasteiger partial charge on any atom is -0.497 e. The van der Waals surface area contributed by atoms with Crippen molar-refractivity contribution in [3.05, 3.63) is 60.2 Å². The van der Waals surface area contributed by atoms with Crippen molar-refractivity contribution in [3.63, 3.8) is 0 Å². The molecule has 0 aromatic heterocycles. The first-order valence-corrected chi connectivity index (χ1v) is 9.44. The normalized spacial score (nSPS) is 19.0. The van der Waals surface area contributed by atoms with Gasteiger partial charge in [-0.2, -0.15) is 0 Å². The lowest BCUT2D eigenvalue weighted by Gasteiger charge is -2.27. The average molecular weight is 378 g/mol. The quantitative estimate of drug-likeness (QED) is 0.725. The van der Waals surface area contributed by atoms with Crippen LogP contribution in [0, 0.1) is 0 Å². The molecule has 6 heteroatoms. The molecule has 0 bridgehead atoms. The van der Waals surface area contributed by atoms with Crippen LogP contribution in [0.5, 0.6) is 5.75 Å². The Morgan fingerprint density at radius 3 is 2.36 bits per heavy atom. The van der Waals surface area contributed by atoms with E-state index in [1.54, 1.807) is 36.3 Å². The van der Waals surface area contributed by atoms with E-state index < -0.39 is 6.04 Å². The van der Waals surface area contributed by atoms with Crippen LogP contribution >= 0.6 is 0 Å². The molecule has 2 aromatic carbocycles. The number of benzene rings is 2. The van der Waals surface area contributed by atoms with Gasteiger partial charge in [0, 0.05) is 6.04 Å². The van der Waals surface area contributed by atoms with E-state index in [0.29, 0.717) is 11.4 Å². The number of carbonyl (C=O) groups excluding carboxylic acids is 3. The minimum absolute atomic E-state index is 0.0297. The number of hydrogen-bond acceptors (Lipinski definition) is 4. The Kier molecular flexibility index (Phi) is 4.86. The van der Waals surface area contributed by atoms with Crippen LogP contribution < -0.4 is 9.64 Å². The Labute approximate surface area is 163 Å². The van der Waals surface area contributed by atoms with Gasteiger partial charge in [-0.3, -0.25) is 14.4 Å². The Morgan fingerprint density at radius 2 is 1.75 bits per heavy atom. The first-order valence-electron chi connectivity index (χ1n) is 9.44. The lowest BCUT2D eigenvalue weighted by atomic mass is 10.1. The van der Waals surface area contributed by atoms with Crippen molar-refractivity contribution in [1.82, 2.24) is 4.90 Å². The van der Waals surface area contributed by atoms with Crippen LogP contribution in [0.3, 0.4) is 0 Å². The van der Waals surface area contributed by atoms with Crippen LogP contribution in [-0.4, -0.2) is 41.8 Å². The molecule has 2 fully saturated rings. The summed E-state index contributed by atoms with van der Waals surface area (Å²) >= 11 is 0. The highest BCUT2D eigenvalue weighted by Gasteiger charge is 2.48. The molecule has 3 amide bonds. The van der Waals surface area contributed by atoms with Crippen LogP contribution in [0.1, 0.15) is 24.8 Å². The standard InChI is InChI=1S/C22H22N2O4/c1-28-18-11-9-17(10-12-18)24-21(26)14-19(22(24)27)23(16-7-8-16)20(25)13-15-5-3-2-4-6-15/h2-6,9-12,16,19H,7-8,13-14H2,1H3. The number of imide groups is 1. The van der Waals surface area contributed by atoms with E-state index in [-0.39, 0.29) is 36.6 Å². The third-order valence-corrected chi connectivity index (χ3v) is 5.22. The van der Waals surface area contributed by atoms with Crippen molar-refractivity contribution in [2.24, 2.45) is 0 Å². The molecule has 1 saturated carbocycles. The molecule has 2 aromatic rings. The fourth-order valence-electron chi connectivity index (χ4n) is 3.68. The number of methoxy groups -OCH3 is 1. The van der Waals surface area contributed by atoms with Crippen molar-refractivity contribution in [2.45, 2.75) is 37.8 Å². The van der Waals surface area contributed by atoms with Gasteiger partial charge in [-0.05, 0) is 42.7 Å². The molecule has 2 aliphatic rings. The first-order chi connectivity index (χ1) is 13.6. The SMILES string of the molecule is COc1ccc(N2C(=O)CC(N(C(=O)Cc3ccccc3)C3CC3)C2=O)cc1. The summed E-state index contributed by atoms with van der Waals surface area (Å²) in [5.74, 6) is -0.0599. The van der Waals surface area contributed by atoms with E-state index in [2.05, 4.69) is 0 Å². The van der Waals surface area contributed by atoms with Crippen LogP contribution in [0.25, 0.3) is 0 Å². The van der Waals surface area contributed by atoms with E-state index in [1.165, 1.54) is 4.90 Å². The molecule has 1 heterocycles. The van der Waals surface area contributed by atoms with Gasteiger partial charge in [0.25, 0.3) is 5.91 Å². The highest BCUT2D eigenvalue weighted by Crippen LogP contribution is 2.34. The van der Waals surface area contributed by atoms with Gasteiger partial charge < -0.3 is 9.64 Å². The predicted molar refractivity (Wildman–Crippen MR) is 104 cm³/mol. The van der Waals surface area contributed by atoms with Crippen LogP contribution in [0.15, 0.2) is 54.6 Å². The molecule has 1 saturated heterocycles. The topological polar surface area (TPSA) is 66.9 Å². The lowest BCUT2D eigenvalue weighted by Crippen LogP contribution is -2.47. The molecule has 0 spiro atoms. The molecule has 1 unspecified atom stereocenters. The molecule has 144 valence electrons. The average Bonchev–Trinajstić information content (AvgIpc) is 3.49. The van der Waals surface area contributed by atoms with Crippen molar-refractivity contribution in [2.75, 3.05) is 12.0 Å². The molecule has 0 N–H and O–H groups in total. The maximum atomic E-state index is 13.1. The van der Waals surface area contributed by atoms with Crippen LogP contribution in [-0.2, 0) is 20.8 Å². The molecule has 1 aliphatic carbocycles. The summed E-state index contributed by atoms with van der Waals surface area (Å²) in [7, 11) is 1.56. The maximum absolute atomic E-state index is 13.1. The smallest absolute Gasteiger partial charge is 0.257 e. The monoisotopic (exact) mass is 378 g/mol. The molecular formula is C22H22N2O4. The summed E-state index contributed by atoms with van der Waals surface area (Å²) in [6.45, 7) is 0. The van der Waals surface area contributed by atoms with Gasteiger partial charge in [0.15, 0.2) is 0 Å². The number of amides is 3. The maximum Gasteiger partial charge on any atom is 0.257 e. The number of rotatable bonds is 6. The molecular weight excluding hydrogens is 356 g/mol. The highest BCUT2D eigenvalue weighted by atomic mass is 16.5. The van der Waals surface area contributed by atoms with Crippen molar-refractivity contribution < 1.29 is 19.1 Å². The van der Waals surface area contributed by atoms with Crippen molar-refractivity contribution in [1.29, 1.82) is 0 Å². The van der Waals surface area contributed by atoms with Gasteiger partial charge in [-0.25, -0.2) is 4.90 Å². The Hall–Kier alpha value is -3.15. The zero-order valence-electron chi connectivity index (χ0n) is 15.7. The summed E-state index contributed by atoms with van der Waals surface area (Å²) in [5, 5.41) is 0. The van der Waals surface area contributed by atoms with E-state index in [9.17, 15) is 14.4 Å². The van der Waals surface area contributed by atoms with Crippen LogP contribution in [0.4, 0.5) is 5.69 Å². The molecule has 28 heavy (non-hydrogen) atoms. The van der Waals surface area contributed by atoms with Crippen molar-refractivity contribution in [3.8, 4) is 5.75 Å². The molecule has 6 nitrogen and oxygen atoms in total. The fourth-order valence-corrected chi connectivity index (χ4v) is 3.68. The van der Waals surface area contributed by atoms with E-state index in [1.807, 2.05) is 30.3 Å².